The molecule has 152 valence electrons. The van der Waals surface area contributed by atoms with Crippen LogP contribution in [-0.4, -0.2) is 33.5 Å². The predicted molar refractivity (Wildman–Crippen MR) is 113 cm³/mol. The largest absolute Gasteiger partial charge is 0.348 e. The van der Waals surface area contributed by atoms with Crippen molar-refractivity contribution in [2.75, 3.05) is 6.54 Å². The van der Waals surface area contributed by atoms with Crippen molar-refractivity contribution in [1.82, 2.24) is 20.4 Å². The summed E-state index contributed by atoms with van der Waals surface area (Å²) in [5.74, 6) is -0.135. The van der Waals surface area contributed by atoms with Crippen LogP contribution in [0.5, 0.6) is 0 Å². The van der Waals surface area contributed by atoms with E-state index in [0.29, 0.717) is 23.9 Å². The van der Waals surface area contributed by atoms with Crippen LogP contribution < -0.4 is 5.32 Å². The van der Waals surface area contributed by atoms with Crippen molar-refractivity contribution in [2.24, 2.45) is 0 Å². The number of nitrogens with zero attached hydrogens (tertiary/aromatic N) is 3. The Hall–Kier alpha value is -2.73. The van der Waals surface area contributed by atoms with Crippen LogP contribution >= 0.6 is 0 Å². The molecule has 2 aromatic heterocycles. The monoisotopic (exact) mass is 392 g/mol. The van der Waals surface area contributed by atoms with Gasteiger partial charge in [-0.05, 0) is 49.9 Å². The molecule has 6 heteroatoms. The number of amides is 1. The van der Waals surface area contributed by atoms with Gasteiger partial charge in [0.05, 0.1) is 16.6 Å². The van der Waals surface area contributed by atoms with E-state index in [0.717, 1.165) is 36.2 Å². The number of nitrogens with one attached hydrogen (secondary N) is 1. The van der Waals surface area contributed by atoms with Gasteiger partial charge in [-0.2, -0.15) is 0 Å². The zero-order chi connectivity index (χ0) is 20.2. The number of carbonyl (C=O) groups is 1. The van der Waals surface area contributed by atoms with E-state index in [1.54, 1.807) is 6.20 Å². The smallest absolute Gasteiger partial charge is 0.257 e. The fourth-order valence-electron chi connectivity index (χ4n) is 4.03. The minimum atomic E-state index is -0.135. The molecule has 0 saturated carbocycles. The van der Waals surface area contributed by atoms with Gasteiger partial charge in [-0.1, -0.05) is 42.8 Å². The normalized spacial score (nSPS) is 17.5. The molecular formula is C23H28N4O2. The number of carbonyl (C=O) groups excluding carboxylic acids is 1. The number of hydrogen-bond acceptors (Lipinski definition) is 5. The number of pyridine rings is 1. The molecule has 1 aliphatic heterocycles. The standard InChI is InChI=1S/C23H28N4O2/c1-3-21-20-12-19(14-25-23(20)29-26-21)22(28)24-13-17-9-4-5-10-18(17)15-27-11-7-6-8-16(27)2/h4-5,9-10,12,14,16H,3,6-8,11,13,15H2,1-2H3,(H,24,28). The quantitative estimate of drug-likeness (QED) is 0.684. The first-order chi connectivity index (χ1) is 14.2. The van der Waals surface area contributed by atoms with Crippen LogP contribution in [0, 0.1) is 0 Å². The molecular weight excluding hydrogens is 364 g/mol. The molecule has 1 unspecified atom stereocenters. The van der Waals surface area contributed by atoms with Gasteiger partial charge in [0.15, 0.2) is 0 Å². The molecule has 0 bridgehead atoms. The van der Waals surface area contributed by atoms with Crippen LogP contribution in [0.4, 0.5) is 0 Å². The summed E-state index contributed by atoms with van der Waals surface area (Å²) in [4.78, 5) is 19.5. The highest BCUT2D eigenvalue weighted by Crippen LogP contribution is 2.21. The van der Waals surface area contributed by atoms with Crippen LogP contribution in [0.2, 0.25) is 0 Å². The zero-order valence-electron chi connectivity index (χ0n) is 17.1. The average Bonchev–Trinajstić information content (AvgIpc) is 3.17. The van der Waals surface area contributed by atoms with Crippen molar-refractivity contribution in [3.8, 4) is 0 Å². The lowest BCUT2D eigenvalue weighted by molar-refractivity contribution is 0.0950. The van der Waals surface area contributed by atoms with Crippen molar-refractivity contribution in [3.05, 3.63) is 58.9 Å². The molecule has 0 spiro atoms. The van der Waals surface area contributed by atoms with Gasteiger partial charge in [0.25, 0.3) is 11.6 Å². The highest BCUT2D eigenvalue weighted by molar-refractivity contribution is 5.96. The molecule has 1 fully saturated rings. The Balaban J connectivity index is 1.45. The number of rotatable bonds is 6. The fraction of sp³-hybridized carbons (Fsp3) is 0.435. The summed E-state index contributed by atoms with van der Waals surface area (Å²) >= 11 is 0. The summed E-state index contributed by atoms with van der Waals surface area (Å²) in [5, 5.41) is 7.86. The van der Waals surface area contributed by atoms with Gasteiger partial charge in [0, 0.05) is 25.3 Å². The number of benzene rings is 1. The summed E-state index contributed by atoms with van der Waals surface area (Å²) in [5.41, 5.74) is 4.26. The lowest BCUT2D eigenvalue weighted by Crippen LogP contribution is -2.37. The third kappa shape index (κ3) is 4.32. The lowest BCUT2D eigenvalue weighted by atomic mass is 10.0. The molecule has 1 aromatic carbocycles. The first-order valence-electron chi connectivity index (χ1n) is 10.5. The maximum atomic E-state index is 12.7. The summed E-state index contributed by atoms with van der Waals surface area (Å²) in [6.45, 7) is 6.89. The van der Waals surface area contributed by atoms with E-state index in [9.17, 15) is 4.79 Å². The zero-order valence-corrected chi connectivity index (χ0v) is 17.1. The molecule has 1 atom stereocenters. The van der Waals surface area contributed by atoms with E-state index in [4.69, 9.17) is 4.52 Å². The maximum Gasteiger partial charge on any atom is 0.257 e. The average molecular weight is 393 g/mol. The third-order valence-corrected chi connectivity index (χ3v) is 5.87. The van der Waals surface area contributed by atoms with Crippen LogP contribution in [0.3, 0.4) is 0 Å². The van der Waals surface area contributed by atoms with Crippen molar-refractivity contribution in [3.63, 3.8) is 0 Å². The topological polar surface area (TPSA) is 71.3 Å². The Kier molecular flexibility index (Phi) is 5.90. The van der Waals surface area contributed by atoms with Gasteiger partial charge in [0.2, 0.25) is 0 Å². The first-order valence-corrected chi connectivity index (χ1v) is 10.5. The van der Waals surface area contributed by atoms with Crippen molar-refractivity contribution < 1.29 is 9.32 Å². The second kappa shape index (κ2) is 8.74. The molecule has 1 N–H and O–H groups in total. The Bertz CT molecular complexity index is 997. The van der Waals surface area contributed by atoms with E-state index < -0.39 is 0 Å². The van der Waals surface area contributed by atoms with Gasteiger partial charge < -0.3 is 9.84 Å². The molecule has 6 nitrogen and oxygen atoms in total. The molecule has 0 aliphatic carbocycles. The second-order valence-corrected chi connectivity index (χ2v) is 7.83. The molecule has 1 amide bonds. The lowest BCUT2D eigenvalue weighted by Gasteiger charge is -2.33. The molecule has 3 aromatic rings. The van der Waals surface area contributed by atoms with E-state index in [1.807, 2.05) is 19.1 Å². The van der Waals surface area contributed by atoms with Crippen LogP contribution in [-0.2, 0) is 19.5 Å². The van der Waals surface area contributed by atoms with E-state index >= 15 is 0 Å². The number of aryl methyl sites for hydroxylation is 1. The summed E-state index contributed by atoms with van der Waals surface area (Å²) in [6, 6.07) is 10.8. The Morgan fingerprint density at radius 1 is 1.28 bits per heavy atom. The van der Waals surface area contributed by atoms with E-state index in [1.165, 1.54) is 24.8 Å². The Labute approximate surface area is 171 Å². The first kappa shape index (κ1) is 19.6. The number of aromatic nitrogens is 2. The van der Waals surface area contributed by atoms with E-state index in [2.05, 4.69) is 45.5 Å². The number of fused-ring (bicyclic) bond motifs is 1. The molecule has 1 aliphatic rings. The SMILES string of the molecule is CCc1noc2ncc(C(=O)NCc3ccccc3CN3CCCCC3C)cc12. The number of piperidine rings is 1. The highest BCUT2D eigenvalue weighted by Gasteiger charge is 2.19. The molecule has 0 radical (unpaired) electrons. The van der Waals surface area contributed by atoms with Gasteiger partial charge in [-0.25, -0.2) is 4.98 Å². The van der Waals surface area contributed by atoms with Crippen molar-refractivity contribution in [1.29, 1.82) is 0 Å². The van der Waals surface area contributed by atoms with Crippen molar-refractivity contribution >= 4 is 17.0 Å². The summed E-state index contributed by atoms with van der Waals surface area (Å²) in [7, 11) is 0. The highest BCUT2D eigenvalue weighted by atomic mass is 16.5. The number of likely N-dealkylation sites (tertiary alicyclic amines) is 1. The summed E-state index contributed by atoms with van der Waals surface area (Å²) < 4.78 is 5.20. The van der Waals surface area contributed by atoms with Crippen LogP contribution in [0.15, 0.2) is 41.1 Å². The molecule has 1 saturated heterocycles. The van der Waals surface area contributed by atoms with Gasteiger partial charge in [-0.3, -0.25) is 9.69 Å². The van der Waals surface area contributed by atoms with Crippen LogP contribution in [0.1, 0.15) is 60.3 Å². The van der Waals surface area contributed by atoms with Gasteiger partial charge in [0.1, 0.15) is 0 Å². The third-order valence-electron chi connectivity index (χ3n) is 5.87. The van der Waals surface area contributed by atoms with Gasteiger partial charge in [-0.15, -0.1) is 0 Å². The van der Waals surface area contributed by atoms with Gasteiger partial charge >= 0.3 is 0 Å². The number of hydrogen-bond donors (Lipinski definition) is 1. The maximum absolute atomic E-state index is 12.7. The Morgan fingerprint density at radius 2 is 2.10 bits per heavy atom. The Morgan fingerprint density at radius 3 is 2.90 bits per heavy atom. The minimum absolute atomic E-state index is 0.135. The molecule has 3 heterocycles. The van der Waals surface area contributed by atoms with Crippen LogP contribution in [0.25, 0.3) is 11.1 Å². The summed E-state index contributed by atoms with van der Waals surface area (Å²) in [6.07, 6.45) is 6.13. The minimum Gasteiger partial charge on any atom is -0.348 e. The fourth-order valence-corrected chi connectivity index (χ4v) is 4.03. The molecule has 29 heavy (non-hydrogen) atoms. The van der Waals surface area contributed by atoms with Crippen molar-refractivity contribution in [2.45, 2.75) is 58.7 Å². The predicted octanol–water partition coefficient (Wildman–Crippen LogP) is 4.09. The van der Waals surface area contributed by atoms with E-state index in [-0.39, 0.29) is 5.91 Å². The second-order valence-electron chi connectivity index (χ2n) is 7.83. The molecule has 4 rings (SSSR count).